The number of fused-ring (bicyclic) bond motifs is 1. The Labute approximate surface area is 132 Å². The third kappa shape index (κ3) is 2.70. The number of anilines is 1. The number of ketones is 1. The van der Waals surface area contributed by atoms with Gasteiger partial charge in [0.25, 0.3) is 11.6 Å². The van der Waals surface area contributed by atoms with Gasteiger partial charge in [-0.05, 0) is 43.2 Å². The first kappa shape index (κ1) is 14.9. The largest absolute Gasteiger partial charge is 0.308 e. The van der Waals surface area contributed by atoms with Gasteiger partial charge in [-0.15, -0.1) is 0 Å². The molecular weight excluding hydrogens is 296 g/mol. The molecule has 1 amide bonds. The van der Waals surface area contributed by atoms with Gasteiger partial charge in [-0.1, -0.05) is 6.07 Å². The zero-order valence-electron chi connectivity index (χ0n) is 12.5. The molecule has 0 fully saturated rings. The molecule has 1 aliphatic heterocycles. The van der Waals surface area contributed by atoms with E-state index < -0.39 is 4.92 Å². The normalized spacial score (nSPS) is 12.8. The van der Waals surface area contributed by atoms with Crippen LogP contribution >= 0.6 is 0 Å². The molecule has 2 aromatic rings. The van der Waals surface area contributed by atoms with E-state index in [1.807, 2.05) is 0 Å². The van der Waals surface area contributed by atoms with Crippen LogP contribution in [0.3, 0.4) is 0 Å². The number of rotatable bonds is 3. The number of Topliss-reactive ketones (excluding diaryl/α,β-unsaturated/α-hetero) is 1. The summed E-state index contributed by atoms with van der Waals surface area (Å²) in [6.07, 6.45) is 0.664. The highest BCUT2D eigenvalue weighted by Crippen LogP contribution is 2.30. The van der Waals surface area contributed by atoms with E-state index in [1.165, 1.54) is 25.1 Å². The van der Waals surface area contributed by atoms with Gasteiger partial charge in [0.15, 0.2) is 5.78 Å². The molecule has 0 saturated carbocycles. The predicted molar refractivity (Wildman–Crippen MR) is 84.9 cm³/mol. The number of benzene rings is 2. The van der Waals surface area contributed by atoms with E-state index in [0.29, 0.717) is 18.5 Å². The molecule has 116 valence electrons. The maximum absolute atomic E-state index is 12.6. The Morgan fingerprint density at radius 1 is 1.13 bits per heavy atom. The molecule has 0 radical (unpaired) electrons. The molecule has 6 heteroatoms. The van der Waals surface area contributed by atoms with E-state index in [1.54, 1.807) is 29.2 Å². The van der Waals surface area contributed by atoms with Gasteiger partial charge in [-0.25, -0.2) is 0 Å². The number of nitro benzene ring substituents is 1. The van der Waals surface area contributed by atoms with Crippen LogP contribution in [0.25, 0.3) is 0 Å². The molecule has 1 heterocycles. The van der Waals surface area contributed by atoms with Crippen molar-refractivity contribution in [1.82, 2.24) is 0 Å². The van der Waals surface area contributed by atoms with Crippen molar-refractivity contribution in [1.29, 1.82) is 0 Å². The molecule has 6 nitrogen and oxygen atoms in total. The maximum atomic E-state index is 12.6. The van der Waals surface area contributed by atoms with Crippen molar-refractivity contribution in [2.75, 3.05) is 11.4 Å². The van der Waals surface area contributed by atoms with Gasteiger partial charge < -0.3 is 4.90 Å². The van der Waals surface area contributed by atoms with Crippen molar-refractivity contribution >= 4 is 23.1 Å². The van der Waals surface area contributed by atoms with Crippen LogP contribution in [0.15, 0.2) is 42.5 Å². The lowest BCUT2D eigenvalue weighted by molar-refractivity contribution is -0.384. The summed E-state index contributed by atoms with van der Waals surface area (Å²) in [5.41, 5.74) is 2.49. The molecule has 0 spiro atoms. The molecule has 23 heavy (non-hydrogen) atoms. The second-order valence-corrected chi connectivity index (χ2v) is 5.41. The zero-order chi connectivity index (χ0) is 16.6. The number of nitro groups is 1. The SMILES string of the molecule is CC(=O)c1ccc2c(c1)CCN2C(=O)c1cccc([N+](=O)[O-])c1. The Kier molecular flexibility index (Phi) is 3.65. The van der Waals surface area contributed by atoms with E-state index >= 15 is 0 Å². The van der Waals surface area contributed by atoms with Crippen LogP contribution in [-0.2, 0) is 6.42 Å². The Morgan fingerprint density at radius 2 is 1.91 bits per heavy atom. The van der Waals surface area contributed by atoms with Gasteiger partial charge in [0.2, 0.25) is 0 Å². The van der Waals surface area contributed by atoms with Crippen molar-refractivity contribution in [3.8, 4) is 0 Å². The molecule has 0 saturated heterocycles. The lowest BCUT2D eigenvalue weighted by Crippen LogP contribution is -2.28. The molecule has 0 aromatic heterocycles. The minimum Gasteiger partial charge on any atom is -0.308 e. The second kappa shape index (κ2) is 5.64. The summed E-state index contributed by atoms with van der Waals surface area (Å²) >= 11 is 0. The van der Waals surface area contributed by atoms with Crippen LogP contribution in [0, 0.1) is 10.1 Å². The van der Waals surface area contributed by atoms with Crippen LogP contribution in [0.4, 0.5) is 11.4 Å². The number of nitrogens with zero attached hydrogens (tertiary/aromatic N) is 2. The Bertz CT molecular complexity index is 829. The summed E-state index contributed by atoms with van der Waals surface area (Å²) in [4.78, 5) is 36.0. The number of carbonyl (C=O) groups is 2. The van der Waals surface area contributed by atoms with Crippen molar-refractivity contribution in [3.63, 3.8) is 0 Å². The van der Waals surface area contributed by atoms with Crippen molar-refractivity contribution in [2.45, 2.75) is 13.3 Å². The third-order valence-electron chi connectivity index (χ3n) is 3.93. The molecule has 1 aliphatic rings. The van der Waals surface area contributed by atoms with E-state index in [4.69, 9.17) is 0 Å². The summed E-state index contributed by atoms with van der Waals surface area (Å²) in [5.74, 6) is -0.292. The number of hydrogen-bond acceptors (Lipinski definition) is 4. The average molecular weight is 310 g/mol. The first-order chi connectivity index (χ1) is 11.0. The fraction of sp³-hybridized carbons (Fsp3) is 0.176. The predicted octanol–water partition coefficient (Wildman–Crippen LogP) is 3.00. The quantitative estimate of drug-likeness (QED) is 0.496. The summed E-state index contributed by atoms with van der Waals surface area (Å²) in [5, 5.41) is 10.8. The smallest absolute Gasteiger partial charge is 0.270 e. The molecule has 0 bridgehead atoms. The minimum atomic E-state index is -0.520. The Hall–Kier alpha value is -3.02. The molecule has 0 atom stereocenters. The van der Waals surface area contributed by atoms with Gasteiger partial charge in [0, 0.05) is 35.5 Å². The van der Waals surface area contributed by atoms with Gasteiger partial charge >= 0.3 is 0 Å². The van der Waals surface area contributed by atoms with Crippen molar-refractivity contribution < 1.29 is 14.5 Å². The van der Waals surface area contributed by atoms with E-state index in [0.717, 1.165) is 11.3 Å². The lowest BCUT2D eigenvalue weighted by Gasteiger charge is -2.17. The molecule has 0 aliphatic carbocycles. The van der Waals surface area contributed by atoms with Gasteiger partial charge in [0.1, 0.15) is 0 Å². The van der Waals surface area contributed by atoms with Crippen LogP contribution in [0.1, 0.15) is 33.2 Å². The molecular formula is C17H14N2O4. The highest BCUT2D eigenvalue weighted by Gasteiger charge is 2.26. The Balaban J connectivity index is 1.93. The van der Waals surface area contributed by atoms with Gasteiger partial charge in [-0.2, -0.15) is 0 Å². The van der Waals surface area contributed by atoms with E-state index in [9.17, 15) is 19.7 Å². The maximum Gasteiger partial charge on any atom is 0.270 e. The second-order valence-electron chi connectivity index (χ2n) is 5.41. The molecule has 0 unspecified atom stereocenters. The van der Waals surface area contributed by atoms with Crippen LogP contribution in [0.2, 0.25) is 0 Å². The van der Waals surface area contributed by atoms with Crippen LogP contribution in [0.5, 0.6) is 0 Å². The third-order valence-corrected chi connectivity index (χ3v) is 3.93. The molecule has 3 rings (SSSR count). The van der Waals surface area contributed by atoms with Gasteiger partial charge in [0.05, 0.1) is 4.92 Å². The summed E-state index contributed by atoms with van der Waals surface area (Å²) in [6.45, 7) is 2.00. The molecule has 0 N–H and O–H groups in total. The zero-order valence-corrected chi connectivity index (χ0v) is 12.5. The number of carbonyl (C=O) groups excluding carboxylic acids is 2. The van der Waals surface area contributed by atoms with Crippen LogP contribution < -0.4 is 4.90 Å². The minimum absolute atomic E-state index is 0.0174. The number of amides is 1. The highest BCUT2D eigenvalue weighted by molar-refractivity contribution is 6.08. The average Bonchev–Trinajstić information content (AvgIpc) is 2.97. The van der Waals surface area contributed by atoms with Crippen molar-refractivity contribution in [2.24, 2.45) is 0 Å². The summed E-state index contributed by atoms with van der Waals surface area (Å²) < 4.78 is 0. The van der Waals surface area contributed by atoms with Crippen LogP contribution in [-0.4, -0.2) is 23.2 Å². The first-order valence-corrected chi connectivity index (χ1v) is 7.17. The lowest BCUT2D eigenvalue weighted by atomic mass is 10.1. The van der Waals surface area contributed by atoms with E-state index in [2.05, 4.69) is 0 Å². The first-order valence-electron chi connectivity index (χ1n) is 7.17. The number of hydrogen-bond donors (Lipinski definition) is 0. The standard InChI is InChI=1S/C17H14N2O4/c1-11(20)12-5-6-16-13(9-12)7-8-18(16)17(21)14-3-2-4-15(10-14)19(22)23/h2-6,9-10H,7-8H2,1H3. The Morgan fingerprint density at radius 3 is 2.61 bits per heavy atom. The van der Waals surface area contributed by atoms with Gasteiger partial charge in [-0.3, -0.25) is 19.7 Å². The summed E-state index contributed by atoms with van der Waals surface area (Å²) in [7, 11) is 0. The van der Waals surface area contributed by atoms with E-state index in [-0.39, 0.29) is 22.9 Å². The van der Waals surface area contributed by atoms with Crippen molar-refractivity contribution in [3.05, 3.63) is 69.3 Å². The summed E-state index contributed by atoms with van der Waals surface area (Å²) in [6, 6.07) is 11.0. The monoisotopic (exact) mass is 310 g/mol. The molecule has 2 aromatic carbocycles. The fourth-order valence-electron chi connectivity index (χ4n) is 2.74. The fourth-order valence-corrected chi connectivity index (χ4v) is 2.74. The topological polar surface area (TPSA) is 80.5 Å². The number of non-ortho nitro benzene ring substituents is 1. The highest BCUT2D eigenvalue weighted by atomic mass is 16.6.